The molecule has 0 amide bonds. The number of rotatable bonds is 2. The average molecular weight is 242 g/mol. The van der Waals surface area contributed by atoms with E-state index in [0.29, 0.717) is 5.92 Å². The van der Waals surface area contributed by atoms with Gasteiger partial charge in [0.2, 0.25) is 0 Å². The van der Waals surface area contributed by atoms with Crippen molar-refractivity contribution in [3.63, 3.8) is 0 Å². The molecule has 0 aromatic carbocycles. The van der Waals surface area contributed by atoms with Crippen LogP contribution < -0.4 is 5.73 Å². The molecule has 2 heterocycles. The van der Waals surface area contributed by atoms with Gasteiger partial charge < -0.3 is 5.73 Å². The molecule has 0 fully saturated rings. The highest BCUT2D eigenvalue weighted by Crippen LogP contribution is 2.38. The smallest absolute Gasteiger partial charge is 0.0801 e. The molecule has 1 aliphatic rings. The second kappa shape index (κ2) is 4.21. The zero-order valence-corrected chi connectivity index (χ0v) is 10.8. The zero-order chi connectivity index (χ0) is 12.7. The third kappa shape index (κ3) is 1.73. The van der Waals surface area contributed by atoms with Crippen LogP contribution in [0.25, 0.3) is 0 Å². The molecule has 0 saturated carbocycles. The first kappa shape index (κ1) is 11.4. The molecule has 18 heavy (non-hydrogen) atoms. The Morgan fingerprint density at radius 1 is 1.50 bits per heavy atom. The van der Waals surface area contributed by atoms with Crippen molar-refractivity contribution in [3.8, 4) is 0 Å². The molecule has 4 nitrogen and oxygen atoms in total. The number of aryl methyl sites for hydroxylation is 3. The molecule has 4 heteroatoms. The summed E-state index contributed by atoms with van der Waals surface area (Å²) in [5.41, 5.74) is 11.0. The highest BCUT2D eigenvalue weighted by Gasteiger charge is 2.31. The molecule has 3 rings (SSSR count). The van der Waals surface area contributed by atoms with Crippen molar-refractivity contribution < 1.29 is 0 Å². The molecule has 0 bridgehead atoms. The highest BCUT2D eigenvalue weighted by atomic mass is 15.3. The number of nitrogens with two attached hydrogens (primary N) is 1. The first-order chi connectivity index (χ1) is 8.66. The summed E-state index contributed by atoms with van der Waals surface area (Å²) < 4.78 is 1.88. The summed E-state index contributed by atoms with van der Waals surface area (Å²) >= 11 is 0. The minimum atomic E-state index is -0.0546. The van der Waals surface area contributed by atoms with Crippen molar-refractivity contribution in [2.45, 2.75) is 31.7 Å². The van der Waals surface area contributed by atoms with Gasteiger partial charge in [-0.2, -0.15) is 5.10 Å². The molecule has 2 unspecified atom stereocenters. The lowest BCUT2D eigenvalue weighted by atomic mass is 9.95. The van der Waals surface area contributed by atoms with Crippen LogP contribution in [0.1, 0.15) is 41.0 Å². The van der Waals surface area contributed by atoms with Gasteiger partial charge in [-0.05, 0) is 37.5 Å². The summed E-state index contributed by atoms with van der Waals surface area (Å²) in [5, 5.41) is 4.49. The van der Waals surface area contributed by atoms with Crippen molar-refractivity contribution in [2.75, 3.05) is 0 Å². The van der Waals surface area contributed by atoms with Crippen molar-refractivity contribution in [1.82, 2.24) is 14.8 Å². The number of fused-ring (bicyclic) bond motifs is 1. The number of hydrogen-bond acceptors (Lipinski definition) is 3. The number of hydrogen-bond donors (Lipinski definition) is 1. The fourth-order valence-corrected chi connectivity index (χ4v) is 2.75. The number of pyridine rings is 1. The van der Waals surface area contributed by atoms with Gasteiger partial charge in [0.15, 0.2) is 0 Å². The van der Waals surface area contributed by atoms with Gasteiger partial charge in [0.25, 0.3) is 0 Å². The molecule has 0 aliphatic heterocycles. The topological polar surface area (TPSA) is 56.7 Å². The maximum atomic E-state index is 6.38. The molecular weight excluding hydrogens is 224 g/mol. The summed E-state index contributed by atoms with van der Waals surface area (Å²) in [4.78, 5) is 4.50. The van der Waals surface area contributed by atoms with Crippen LogP contribution in [-0.2, 0) is 13.5 Å². The molecule has 2 atom stereocenters. The number of aromatic nitrogens is 3. The third-order valence-corrected chi connectivity index (χ3v) is 3.91. The van der Waals surface area contributed by atoms with Crippen LogP contribution in [0, 0.1) is 6.92 Å². The predicted molar refractivity (Wildman–Crippen MR) is 70.2 cm³/mol. The van der Waals surface area contributed by atoms with Crippen molar-refractivity contribution in [2.24, 2.45) is 12.8 Å². The fourth-order valence-electron chi connectivity index (χ4n) is 2.75. The van der Waals surface area contributed by atoms with Crippen LogP contribution in [0.5, 0.6) is 0 Å². The Morgan fingerprint density at radius 3 is 3.06 bits per heavy atom. The van der Waals surface area contributed by atoms with Crippen molar-refractivity contribution in [1.29, 1.82) is 0 Å². The molecule has 2 aromatic heterocycles. The van der Waals surface area contributed by atoms with Crippen LogP contribution in [0.2, 0.25) is 0 Å². The van der Waals surface area contributed by atoms with Gasteiger partial charge >= 0.3 is 0 Å². The second-order valence-electron chi connectivity index (χ2n) is 5.05. The zero-order valence-electron chi connectivity index (χ0n) is 10.8. The largest absolute Gasteiger partial charge is 0.322 e. The summed E-state index contributed by atoms with van der Waals surface area (Å²) in [5.74, 6) is 0.301. The van der Waals surface area contributed by atoms with E-state index in [1.165, 1.54) is 5.56 Å². The lowest BCUT2D eigenvalue weighted by molar-refractivity contribution is 0.522. The second-order valence-corrected chi connectivity index (χ2v) is 5.05. The molecule has 0 spiro atoms. The van der Waals surface area contributed by atoms with Crippen LogP contribution in [0.4, 0.5) is 0 Å². The van der Waals surface area contributed by atoms with Crippen LogP contribution >= 0.6 is 0 Å². The van der Waals surface area contributed by atoms with E-state index >= 15 is 0 Å². The lowest BCUT2D eigenvalue weighted by Crippen LogP contribution is -2.19. The predicted octanol–water partition coefficient (Wildman–Crippen LogP) is 1.85. The molecule has 0 saturated heterocycles. The summed E-state index contributed by atoms with van der Waals surface area (Å²) in [7, 11) is 1.95. The first-order valence-electron chi connectivity index (χ1n) is 6.36. The third-order valence-electron chi connectivity index (χ3n) is 3.91. The number of nitrogens with zero attached hydrogens (tertiary/aromatic N) is 3. The average Bonchev–Trinajstić information content (AvgIpc) is 2.93. The molecule has 2 aromatic rings. The quantitative estimate of drug-likeness (QED) is 0.874. The summed E-state index contributed by atoms with van der Waals surface area (Å²) in [6.07, 6.45) is 4.00. The molecule has 0 radical (unpaired) electrons. The van der Waals surface area contributed by atoms with Gasteiger partial charge in [-0.25, -0.2) is 0 Å². The summed E-state index contributed by atoms with van der Waals surface area (Å²) in [6, 6.07) is 6.17. The monoisotopic (exact) mass is 242 g/mol. The standard InChI is InChI=1S/C14H18N4/c1-9-8-12(17-18(9)2)13(15)11-6-5-10-4-3-7-16-14(10)11/h3-4,7-8,11,13H,5-6,15H2,1-2H3. The highest BCUT2D eigenvalue weighted by molar-refractivity contribution is 5.32. The molecular formula is C14H18N4. The van der Waals surface area contributed by atoms with E-state index in [1.54, 1.807) is 0 Å². The van der Waals surface area contributed by atoms with E-state index in [-0.39, 0.29) is 6.04 Å². The van der Waals surface area contributed by atoms with E-state index in [2.05, 4.69) is 22.2 Å². The Hall–Kier alpha value is -1.68. The Kier molecular flexibility index (Phi) is 2.67. The molecule has 1 aliphatic carbocycles. The van der Waals surface area contributed by atoms with E-state index in [0.717, 1.165) is 29.9 Å². The van der Waals surface area contributed by atoms with Crippen LogP contribution in [-0.4, -0.2) is 14.8 Å². The van der Waals surface area contributed by atoms with Crippen LogP contribution in [0.15, 0.2) is 24.4 Å². The Bertz CT molecular complexity index is 553. The molecule has 2 N–H and O–H groups in total. The Morgan fingerprint density at radius 2 is 2.33 bits per heavy atom. The maximum Gasteiger partial charge on any atom is 0.0801 e. The summed E-state index contributed by atoms with van der Waals surface area (Å²) in [6.45, 7) is 2.05. The van der Waals surface area contributed by atoms with Gasteiger partial charge in [0.05, 0.1) is 11.7 Å². The van der Waals surface area contributed by atoms with E-state index in [1.807, 2.05) is 30.9 Å². The minimum Gasteiger partial charge on any atom is -0.322 e. The van der Waals surface area contributed by atoms with Crippen molar-refractivity contribution >= 4 is 0 Å². The molecule has 94 valence electrons. The first-order valence-corrected chi connectivity index (χ1v) is 6.36. The maximum absolute atomic E-state index is 6.38. The van der Waals surface area contributed by atoms with Gasteiger partial charge in [0, 0.05) is 30.6 Å². The Labute approximate surface area is 107 Å². The van der Waals surface area contributed by atoms with Gasteiger partial charge in [-0.15, -0.1) is 0 Å². The van der Waals surface area contributed by atoms with E-state index in [9.17, 15) is 0 Å². The van der Waals surface area contributed by atoms with E-state index < -0.39 is 0 Å². The SMILES string of the molecule is Cc1cc(C(N)C2CCc3cccnc32)nn1C. The van der Waals surface area contributed by atoms with Gasteiger partial charge in [0.1, 0.15) is 0 Å². The normalized spacial score (nSPS) is 19.8. The van der Waals surface area contributed by atoms with Gasteiger partial charge in [-0.3, -0.25) is 9.67 Å². The van der Waals surface area contributed by atoms with Crippen LogP contribution in [0.3, 0.4) is 0 Å². The van der Waals surface area contributed by atoms with E-state index in [4.69, 9.17) is 5.73 Å². The van der Waals surface area contributed by atoms with Crippen molar-refractivity contribution in [3.05, 3.63) is 47.0 Å². The fraction of sp³-hybridized carbons (Fsp3) is 0.429. The van der Waals surface area contributed by atoms with Gasteiger partial charge in [-0.1, -0.05) is 6.07 Å². The minimum absolute atomic E-state index is 0.0546. The lowest BCUT2D eigenvalue weighted by Gasteiger charge is -2.17. The Balaban J connectivity index is 1.92.